The zero-order chi connectivity index (χ0) is 34.7. The van der Waals surface area contributed by atoms with Crippen LogP contribution in [0.2, 0.25) is 0 Å². The molecule has 1 unspecified atom stereocenters. The van der Waals surface area contributed by atoms with Crippen LogP contribution in [0.15, 0.2) is 0 Å². The quantitative estimate of drug-likeness (QED) is 0.199. The van der Waals surface area contributed by atoms with Crippen LogP contribution in [-0.4, -0.2) is 76.7 Å². The topological polar surface area (TPSA) is 177 Å². The average Bonchev–Trinajstić information content (AvgIpc) is 3.29. The molecule has 2 fully saturated rings. The van der Waals surface area contributed by atoms with Crippen molar-refractivity contribution in [2.24, 2.45) is 34.3 Å². The first-order chi connectivity index (χ1) is 20.4. The summed E-state index contributed by atoms with van der Waals surface area (Å²) in [5.74, 6) is -3.50. The van der Waals surface area contributed by atoms with Crippen LogP contribution >= 0.6 is 0 Å². The lowest BCUT2D eigenvalue weighted by atomic mass is 9.80. The maximum atomic E-state index is 14.2. The Hall–Kier alpha value is -3.18. The summed E-state index contributed by atoms with van der Waals surface area (Å²) in [4.78, 5) is 80.5. The molecule has 1 heterocycles. The van der Waals surface area contributed by atoms with Gasteiger partial charge < -0.3 is 31.3 Å². The molecular weight excluding hydrogens is 578 g/mol. The number of nitrogens with one attached hydrogen (secondary N) is 3. The summed E-state index contributed by atoms with van der Waals surface area (Å²) >= 11 is 0. The summed E-state index contributed by atoms with van der Waals surface area (Å²) in [5, 5.41) is 8.25. The van der Waals surface area contributed by atoms with Crippen molar-refractivity contribution in [3.8, 4) is 0 Å². The Morgan fingerprint density at radius 1 is 0.822 bits per heavy atom. The number of carbonyl (C=O) groups excluding carboxylic acids is 6. The molecule has 5 N–H and O–H groups in total. The van der Waals surface area contributed by atoms with Gasteiger partial charge in [-0.25, -0.2) is 9.59 Å². The van der Waals surface area contributed by atoms with Crippen molar-refractivity contribution in [1.29, 1.82) is 0 Å². The minimum Gasteiger partial charge on any atom is -0.458 e. The summed E-state index contributed by atoms with van der Waals surface area (Å²) in [7, 11) is 0. The monoisotopic (exact) mass is 635 g/mol. The van der Waals surface area contributed by atoms with E-state index in [2.05, 4.69) is 16.0 Å². The molecular formula is C33H57N5O7. The summed E-state index contributed by atoms with van der Waals surface area (Å²) < 4.78 is 5.55. The van der Waals surface area contributed by atoms with E-state index in [-0.39, 0.29) is 24.3 Å². The smallest absolute Gasteiger partial charge is 0.329 e. The second-order valence-corrected chi connectivity index (χ2v) is 16.2. The number of ketones is 1. The number of primary amides is 1. The lowest BCUT2D eigenvalue weighted by Crippen LogP contribution is -2.62. The molecule has 0 radical (unpaired) electrons. The summed E-state index contributed by atoms with van der Waals surface area (Å²) in [6, 6.07) is -4.76. The zero-order valence-corrected chi connectivity index (χ0v) is 29.2. The van der Waals surface area contributed by atoms with Gasteiger partial charge >= 0.3 is 12.0 Å². The van der Waals surface area contributed by atoms with E-state index >= 15 is 0 Å². The number of urea groups is 1. The first-order valence-corrected chi connectivity index (χ1v) is 16.2. The number of Topliss-reactive ketones (excluding diaryl/α,β-unsaturated/α-hetero) is 1. The number of nitrogens with two attached hydrogens (primary N) is 1. The third kappa shape index (κ3) is 10.4. The average molecular weight is 636 g/mol. The molecule has 0 spiro atoms. The highest BCUT2D eigenvalue weighted by atomic mass is 16.6. The Labute approximate surface area is 268 Å². The number of carbonyl (C=O) groups is 6. The highest BCUT2D eigenvalue weighted by Crippen LogP contribution is 2.34. The first-order valence-electron chi connectivity index (χ1n) is 16.2. The van der Waals surface area contributed by atoms with Crippen LogP contribution in [0.3, 0.4) is 0 Å². The van der Waals surface area contributed by atoms with Crippen molar-refractivity contribution in [3.63, 3.8) is 0 Å². The Bertz CT molecular complexity index is 1130. The van der Waals surface area contributed by atoms with Gasteiger partial charge in [0, 0.05) is 6.54 Å². The summed E-state index contributed by atoms with van der Waals surface area (Å²) in [6.07, 6.45) is 3.71. The molecule has 256 valence electrons. The van der Waals surface area contributed by atoms with E-state index in [0.717, 1.165) is 19.3 Å². The largest absolute Gasteiger partial charge is 0.458 e. The van der Waals surface area contributed by atoms with Crippen molar-refractivity contribution >= 4 is 35.5 Å². The van der Waals surface area contributed by atoms with E-state index in [0.29, 0.717) is 12.8 Å². The van der Waals surface area contributed by atoms with Gasteiger partial charge in [-0.3, -0.25) is 19.2 Å². The van der Waals surface area contributed by atoms with Crippen molar-refractivity contribution in [3.05, 3.63) is 0 Å². The Morgan fingerprint density at radius 2 is 1.36 bits per heavy atom. The third-order valence-electron chi connectivity index (χ3n) is 8.69. The van der Waals surface area contributed by atoms with Crippen LogP contribution < -0.4 is 21.7 Å². The Kier molecular flexibility index (Phi) is 12.2. The number of hydrogen-bond donors (Lipinski definition) is 4. The zero-order valence-electron chi connectivity index (χ0n) is 29.2. The molecule has 45 heavy (non-hydrogen) atoms. The molecule has 0 bridgehead atoms. The predicted molar refractivity (Wildman–Crippen MR) is 171 cm³/mol. The minimum absolute atomic E-state index is 0.0289. The van der Waals surface area contributed by atoms with Crippen LogP contribution in [0.5, 0.6) is 0 Å². The van der Waals surface area contributed by atoms with Crippen molar-refractivity contribution < 1.29 is 33.5 Å². The van der Waals surface area contributed by atoms with Gasteiger partial charge in [0.15, 0.2) is 0 Å². The number of esters is 1. The number of likely N-dealkylation sites (tertiary alicyclic amines) is 1. The van der Waals surface area contributed by atoms with E-state index < -0.39 is 76.1 Å². The minimum atomic E-state index is -1.11. The second kappa shape index (κ2) is 14.5. The molecule has 0 aromatic rings. The molecule has 1 saturated carbocycles. The van der Waals surface area contributed by atoms with E-state index in [1.54, 1.807) is 62.3 Å². The highest BCUT2D eigenvalue weighted by Gasteiger charge is 2.48. The third-order valence-corrected chi connectivity index (χ3v) is 8.69. The van der Waals surface area contributed by atoms with Gasteiger partial charge in [-0.05, 0) is 62.2 Å². The number of ether oxygens (including phenoxy) is 1. The molecule has 5 amide bonds. The van der Waals surface area contributed by atoms with E-state index in [1.165, 1.54) is 4.90 Å². The lowest BCUT2D eigenvalue weighted by molar-refractivity contribution is -0.160. The fourth-order valence-corrected chi connectivity index (χ4v) is 5.93. The molecule has 0 aromatic heterocycles. The number of hydrogen-bond acceptors (Lipinski definition) is 7. The molecule has 1 aliphatic carbocycles. The maximum absolute atomic E-state index is 14.2. The van der Waals surface area contributed by atoms with Crippen molar-refractivity contribution in [1.82, 2.24) is 20.9 Å². The van der Waals surface area contributed by atoms with E-state index in [4.69, 9.17) is 10.5 Å². The molecule has 5 atom stereocenters. The van der Waals surface area contributed by atoms with E-state index in [1.807, 2.05) is 13.8 Å². The van der Waals surface area contributed by atoms with Crippen molar-refractivity contribution in [2.75, 3.05) is 6.54 Å². The number of amides is 5. The first kappa shape index (κ1) is 38.0. The number of rotatable bonds is 11. The molecule has 0 aromatic carbocycles. The predicted octanol–water partition coefficient (Wildman–Crippen LogP) is 3.06. The van der Waals surface area contributed by atoms with E-state index in [9.17, 15) is 28.8 Å². The van der Waals surface area contributed by atoms with Gasteiger partial charge in [-0.15, -0.1) is 0 Å². The van der Waals surface area contributed by atoms with Gasteiger partial charge in [-0.2, -0.15) is 0 Å². The molecule has 12 heteroatoms. The molecule has 1 saturated heterocycles. The van der Waals surface area contributed by atoms with Crippen LogP contribution in [0, 0.1) is 28.6 Å². The van der Waals surface area contributed by atoms with Crippen LogP contribution in [0.4, 0.5) is 4.79 Å². The van der Waals surface area contributed by atoms with Gasteiger partial charge in [0.25, 0.3) is 5.91 Å². The highest BCUT2D eigenvalue weighted by molar-refractivity contribution is 6.37. The van der Waals surface area contributed by atoms with Crippen LogP contribution in [-0.2, 0) is 28.7 Å². The fourth-order valence-electron chi connectivity index (χ4n) is 5.93. The SMILES string of the molecule is CC(C)[C@H]1CCN(C(=O)[C@@H](NC(=O)N[C@@H](C(=O)OC(C)(C)C)C(C)(C)C)C(C)(C)C)[C@@H]1C(=O)NC(CC1CCC1)C(=O)C(N)=O. The van der Waals surface area contributed by atoms with Gasteiger partial charge in [-0.1, -0.05) is 74.7 Å². The van der Waals surface area contributed by atoms with Crippen LogP contribution in [0.1, 0.15) is 108 Å². The van der Waals surface area contributed by atoms with Crippen LogP contribution in [0.25, 0.3) is 0 Å². The Morgan fingerprint density at radius 3 is 1.78 bits per heavy atom. The van der Waals surface area contributed by atoms with Gasteiger partial charge in [0.05, 0.1) is 6.04 Å². The molecule has 2 rings (SSSR count). The fraction of sp³-hybridized carbons (Fsp3) is 0.818. The second-order valence-electron chi connectivity index (χ2n) is 16.2. The Balaban J connectivity index is 2.34. The molecule has 1 aliphatic heterocycles. The maximum Gasteiger partial charge on any atom is 0.329 e. The standard InChI is InChI=1S/C33H57N5O7/c1-18(2)20-15-16-38(22(20)27(41)35-21(23(39)26(34)40)17-19-13-12-14-19)28(42)24(31(3,4)5)36-30(44)37-25(32(6,7)8)29(43)45-33(9,10)11/h18-22,24-25H,12-17H2,1-11H3,(H2,34,40)(H,35,41)(H2,36,37,44)/t20-,21?,22+,24-,25+/m1/s1. The van der Waals surface area contributed by atoms with Gasteiger partial charge in [0.1, 0.15) is 23.7 Å². The van der Waals surface area contributed by atoms with Gasteiger partial charge in [0.2, 0.25) is 17.6 Å². The molecule has 12 nitrogen and oxygen atoms in total. The number of nitrogens with zero attached hydrogens (tertiary/aromatic N) is 1. The van der Waals surface area contributed by atoms with Crippen molar-refractivity contribution in [2.45, 2.75) is 138 Å². The lowest BCUT2D eigenvalue weighted by Gasteiger charge is -2.38. The summed E-state index contributed by atoms with van der Waals surface area (Å²) in [5.41, 5.74) is 3.09. The summed E-state index contributed by atoms with van der Waals surface area (Å²) in [6.45, 7) is 20.2. The molecule has 2 aliphatic rings. The normalized spacial score (nSPS) is 21.3.